The summed E-state index contributed by atoms with van der Waals surface area (Å²) in [5.41, 5.74) is 3.96. The molecular weight excluding hydrogens is 302 g/mol. The van der Waals surface area contributed by atoms with Crippen molar-refractivity contribution in [1.82, 2.24) is 10.2 Å². The molecule has 0 fully saturated rings. The van der Waals surface area contributed by atoms with Gasteiger partial charge in [0.15, 0.2) is 0 Å². The van der Waals surface area contributed by atoms with E-state index in [4.69, 9.17) is 5.11 Å². The number of hydrogen-bond acceptors (Lipinski definition) is 3. The lowest BCUT2D eigenvalue weighted by molar-refractivity contribution is 0.252. The van der Waals surface area contributed by atoms with Gasteiger partial charge in [0.25, 0.3) is 0 Å². The maximum atomic E-state index is 12.0. The van der Waals surface area contributed by atoms with Crippen LogP contribution >= 0.6 is 0 Å². The molecule has 2 aromatic rings. The topological polar surface area (TPSA) is 64.6 Å². The molecule has 0 atom stereocenters. The highest BCUT2D eigenvalue weighted by atomic mass is 16.3. The lowest BCUT2D eigenvalue weighted by atomic mass is 10.1. The summed E-state index contributed by atoms with van der Waals surface area (Å²) in [6.45, 7) is 1.44. The zero-order valence-corrected chi connectivity index (χ0v) is 14.2. The molecule has 2 amide bonds. The van der Waals surface area contributed by atoms with E-state index in [9.17, 15) is 4.79 Å². The van der Waals surface area contributed by atoms with Crippen LogP contribution in [0, 0.1) is 0 Å². The van der Waals surface area contributed by atoms with Gasteiger partial charge in [0.2, 0.25) is 0 Å². The smallest absolute Gasteiger partial charge is 0.319 e. The summed E-state index contributed by atoms with van der Waals surface area (Å²) in [7, 11) is 4.03. The van der Waals surface area contributed by atoms with Crippen LogP contribution in [0.25, 0.3) is 0 Å². The molecule has 0 aliphatic rings. The first kappa shape index (κ1) is 18.0. The molecule has 5 nitrogen and oxygen atoms in total. The molecule has 5 heteroatoms. The molecule has 0 saturated heterocycles. The van der Waals surface area contributed by atoms with Gasteiger partial charge in [-0.05, 0) is 49.3 Å². The van der Waals surface area contributed by atoms with E-state index < -0.39 is 0 Å². The molecule has 0 aromatic heterocycles. The van der Waals surface area contributed by atoms with Crippen molar-refractivity contribution in [3.8, 4) is 0 Å². The van der Waals surface area contributed by atoms with Gasteiger partial charge in [-0.25, -0.2) is 4.79 Å². The molecule has 0 heterocycles. The van der Waals surface area contributed by atoms with Crippen molar-refractivity contribution in [2.75, 3.05) is 26.0 Å². The van der Waals surface area contributed by atoms with Gasteiger partial charge in [-0.1, -0.05) is 36.4 Å². The Kier molecular flexibility index (Phi) is 6.78. The van der Waals surface area contributed by atoms with Gasteiger partial charge in [0.05, 0.1) is 6.61 Å². The van der Waals surface area contributed by atoms with E-state index in [1.54, 1.807) is 0 Å². The molecule has 0 unspecified atom stereocenters. The molecule has 128 valence electrons. The number of nitrogens with one attached hydrogen (secondary N) is 2. The Bertz CT molecular complexity index is 654. The van der Waals surface area contributed by atoms with Crippen LogP contribution in [0.3, 0.4) is 0 Å². The summed E-state index contributed by atoms with van der Waals surface area (Å²) in [6, 6.07) is 15.4. The number of hydrogen-bond donors (Lipinski definition) is 3. The third kappa shape index (κ3) is 6.02. The fraction of sp³-hybridized carbons (Fsp3) is 0.316. The fourth-order valence-corrected chi connectivity index (χ4v) is 2.42. The largest absolute Gasteiger partial charge is 0.392 e. The highest BCUT2D eigenvalue weighted by Crippen LogP contribution is 2.11. The van der Waals surface area contributed by atoms with Crippen LogP contribution in [-0.2, 0) is 19.6 Å². The Hall–Kier alpha value is -2.37. The Morgan fingerprint density at radius 1 is 1.04 bits per heavy atom. The average molecular weight is 327 g/mol. The van der Waals surface area contributed by atoms with Gasteiger partial charge in [-0.2, -0.15) is 0 Å². The van der Waals surface area contributed by atoms with E-state index in [0.717, 1.165) is 35.3 Å². The average Bonchev–Trinajstić information content (AvgIpc) is 2.55. The van der Waals surface area contributed by atoms with Crippen molar-refractivity contribution >= 4 is 11.7 Å². The van der Waals surface area contributed by atoms with Crippen molar-refractivity contribution in [3.63, 3.8) is 0 Å². The number of anilines is 1. The molecule has 0 saturated carbocycles. The van der Waals surface area contributed by atoms with Gasteiger partial charge in [0.1, 0.15) is 0 Å². The van der Waals surface area contributed by atoms with Crippen LogP contribution in [0.4, 0.5) is 10.5 Å². The van der Waals surface area contributed by atoms with Crippen molar-refractivity contribution < 1.29 is 9.90 Å². The Balaban J connectivity index is 1.78. The number of benzene rings is 2. The minimum atomic E-state index is -0.205. The number of carbonyl (C=O) groups is 1. The zero-order valence-electron chi connectivity index (χ0n) is 14.2. The lowest BCUT2D eigenvalue weighted by Crippen LogP contribution is -2.30. The minimum Gasteiger partial charge on any atom is -0.392 e. The van der Waals surface area contributed by atoms with Crippen LogP contribution in [-0.4, -0.2) is 36.7 Å². The number of urea groups is 1. The minimum absolute atomic E-state index is 0.0494. The molecule has 0 aliphatic carbocycles. The van der Waals surface area contributed by atoms with Crippen LogP contribution in [0.15, 0.2) is 48.5 Å². The quantitative estimate of drug-likeness (QED) is 0.732. The second kappa shape index (κ2) is 9.05. The van der Waals surface area contributed by atoms with Crippen LogP contribution in [0.1, 0.15) is 16.7 Å². The molecule has 2 aromatic carbocycles. The number of aliphatic hydroxyl groups is 1. The second-order valence-electron chi connectivity index (χ2n) is 6.04. The Morgan fingerprint density at radius 3 is 2.42 bits per heavy atom. The number of nitrogens with zero attached hydrogens (tertiary/aromatic N) is 1. The normalized spacial score (nSPS) is 10.7. The second-order valence-corrected chi connectivity index (χ2v) is 6.04. The van der Waals surface area contributed by atoms with Gasteiger partial charge in [-0.15, -0.1) is 0 Å². The molecule has 2 rings (SSSR count). The lowest BCUT2D eigenvalue weighted by Gasteiger charge is -2.12. The van der Waals surface area contributed by atoms with E-state index in [-0.39, 0.29) is 12.6 Å². The van der Waals surface area contributed by atoms with E-state index in [0.29, 0.717) is 6.54 Å². The molecular formula is C19H25N3O2. The van der Waals surface area contributed by atoms with Crippen LogP contribution in [0.2, 0.25) is 0 Å². The van der Waals surface area contributed by atoms with Gasteiger partial charge in [-0.3, -0.25) is 0 Å². The number of amides is 2. The summed E-state index contributed by atoms with van der Waals surface area (Å²) in [6.07, 6.45) is 0.750. The van der Waals surface area contributed by atoms with Crippen molar-refractivity contribution in [2.24, 2.45) is 0 Å². The first-order chi connectivity index (χ1) is 11.6. The molecule has 24 heavy (non-hydrogen) atoms. The standard InChI is InChI=1S/C19H25N3O2/c1-22(2)13-17-4-3-5-18(12-17)21-19(24)20-11-10-15-6-8-16(14-23)9-7-15/h3-9,12,23H,10-11,13-14H2,1-2H3,(H2,20,21,24). The van der Waals surface area contributed by atoms with E-state index in [1.807, 2.05) is 62.6 Å². The number of carbonyl (C=O) groups excluding carboxylic acids is 1. The summed E-state index contributed by atoms with van der Waals surface area (Å²) in [4.78, 5) is 14.1. The zero-order chi connectivity index (χ0) is 17.4. The molecule has 0 spiro atoms. The van der Waals surface area contributed by atoms with Crippen LogP contribution in [0.5, 0.6) is 0 Å². The fourth-order valence-electron chi connectivity index (χ4n) is 2.42. The first-order valence-electron chi connectivity index (χ1n) is 8.04. The van der Waals surface area contributed by atoms with Crippen molar-refractivity contribution in [1.29, 1.82) is 0 Å². The van der Waals surface area contributed by atoms with Crippen molar-refractivity contribution in [2.45, 2.75) is 19.6 Å². The third-order valence-corrected chi connectivity index (χ3v) is 3.59. The highest BCUT2D eigenvalue weighted by molar-refractivity contribution is 5.89. The number of rotatable bonds is 7. The maximum absolute atomic E-state index is 12.0. The molecule has 0 bridgehead atoms. The monoisotopic (exact) mass is 327 g/mol. The van der Waals surface area contributed by atoms with Gasteiger partial charge >= 0.3 is 6.03 Å². The summed E-state index contributed by atoms with van der Waals surface area (Å²) in [5, 5.41) is 14.7. The van der Waals surface area contributed by atoms with Crippen LogP contribution < -0.4 is 10.6 Å². The van der Waals surface area contributed by atoms with E-state index in [2.05, 4.69) is 15.5 Å². The highest BCUT2D eigenvalue weighted by Gasteiger charge is 2.03. The maximum Gasteiger partial charge on any atom is 0.319 e. The molecule has 3 N–H and O–H groups in total. The first-order valence-corrected chi connectivity index (χ1v) is 8.04. The Morgan fingerprint density at radius 2 is 1.75 bits per heavy atom. The summed E-state index contributed by atoms with van der Waals surface area (Å²) in [5.74, 6) is 0. The molecule has 0 aliphatic heterocycles. The number of aliphatic hydroxyl groups excluding tert-OH is 1. The van der Waals surface area contributed by atoms with Gasteiger partial charge < -0.3 is 20.6 Å². The summed E-state index contributed by atoms with van der Waals surface area (Å²) < 4.78 is 0. The Labute approximate surface area is 143 Å². The summed E-state index contributed by atoms with van der Waals surface area (Å²) >= 11 is 0. The molecule has 0 radical (unpaired) electrons. The third-order valence-electron chi connectivity index (χ3n) is 3.59. The SMILES string of the molecule is CN(C)Cc1cccc(NC(=O)NCCc2ccc(CO)cc2)c1. The van der Waals surface area contributed by atoms with Gasteiger partial charge in [0, 0.05) is 18.8 Å². The predicted molar refractivity (Wildman–Crippen MR) is 96.9 cm³/mol. The van der Waals surface area contributed by atoms with E-state index in [1.165, 1.54) is 0 Å². The predicted octanol–water partition coefficient (Wildman–Crippen LogP) is 2.60. The van der Waals surface area contributed by atoms with Crippen molar-refractivity contribution in [3.05, 3.63) is 65.2 Å². The van der Waals surface area contributed by atoms with E-state index >= 15 is 0 Å².